The Morgan fingerprint density at radius 2 is 1.70 bits per heavy atom. The molecule has 0 aliphatic carbocycles. The number of piperidine rings is 1. The Labute approximate surface area is 412 Å². The number of hydrogen-bond donors (Lipinski definition) is 3. The van der Waals surface area contributed by atoms with Crippen LogP contribution in [0.2, 0.25) is 5.02 Å². The smallest absolute Gasteiger partial charge is 0.255 e. The van der Waals surface area contributed by atoms with Gasteiger partial charge in [-0.15, -0.1) is 11.3 Å². The first kappa shape index (κ1) is 49.8. The molecule has 4 fully saturated rings. The molecule has 2 aromatic carbocycles. The lowest BCUT2D eigenvalue weighted by atomic mass is 9.85. The van der Waals surface area contributed by atoms with Gasteiger partial charge in [0.2, 0.25) is 17.7 Å². The number of nitrogens with one attached hydrogen (secondary N) is 2. The number of nitriles is 1. The van der Waals surface area contributed by atoms with E-state index in [1.54, 1.807) is 35.7 Å². The summed E-state index contributed by atoms with van der Waals surface area (Å²) in [6.07, 6.45) is 4.18. The summed E-state index contributed by atoms with van der Waals surface area (Å²) in [7, 11) is 0. The van der Waals surface area contributed by atoms with Gasteiger partial charge in [-0.05, 0) is 67.5 Å². The van der Waals surface area contributed by atoms with Crippen LogP contribution in [-0.2, 0) is 19.1 Å². The summed E-state index contributed by atoms with van der Waals surface area (Å²) >= 11 is 7.80. The molecule has 16 nitrogen and oxygen atoms in total. The van der Waals surface area contributed by atoms with Gasteiger partial charge < -0.3 is 39.9 Å². The Balaban J connectivity index is 0.756. The number of carbonyl (C=O) groups excluding carboxylic acids is 4. The van der Waals surface area contributed by atoms with E-state index in [4.69, 9.17) is 26.1 Å². The fourth-order valence-electron chi connectivity index (χ4n) is 10.0. The number of β-amino-alcohol motifs (C(OH)–C–C–N with tert-alkyl or cyclic N) is 1. The number of hydrogen-bond acceptors (Lipinski definition) is 13. The average Bonchev–Trinajstić information content (AvgIpc) is 4.03. The molecule has 2 aromatic heterocycles. The zero-order chi connectivity index (χ0) is 49.0. The lowest BCUT2D eigenvalue weighted by Crippen LogP contribution is -2.58. The van der Waals surface area contributed by atoms with E-state index in [-0.39, 0.29) is 55.6 Å². The monoisotopic (exact) mass is 979 g/mol. The summed E-state index contributed by atoms with van der Waals surface area (Å²) in [5.41, 5.74) is 5.01. The van der Waals surface area contributed by atoms with E-state index in [0.29, 0.717) is 35.1 Å². The van der Waals surface area contributed by atoms with Crippen molar-refractivity contribution in [2.75, 3.05) is 57.4 Å². The SMILES string of the molecule is Cc1ncsc1-c1ccc(C(C)NC(=O)C2CC(O)CN2C(=O)C(NC(=O)COCCN2CCN(c3ccc(C(=O)N4C5CCC4CC(Oc4ccc(C#N)c(Cl)c4)C5)cn3)CC2)C(C)(C)C)cc1. The summed E-state index contributed by atoms with van der Waals surface area (Å²) in [5, 5.41) is 26.1. The molecule has 18 heteroatoms. The molecular weight excluding hydrogens is 918 g/mol. The van der Waals surface area contributed by atoms with E-state index in [0.717, 1.165) is 79.4 Å². The van der Waals surface area contributed by atoms with Gasteiger partial charge in [-0.1, -0.05) is 56.6 Å². The highest BCUT2D eigenvalue weighted by Gasteiger charge is 2.46. The van der Waals surface area contributed by atoms with Crippen LogP contribution in [0.4, 0.5) is 5.82 Å². The molecule has 0 saturated carbocycles. The lowest BCUT2D eigenvalue weighted by molar-refractivity contribution is -0.144. The molecule has 4 aliphatic rings. The van der Waals surface area contributed by atoms with Crippen LogP contribution in [0.25, 0.3) is 10.4 Å². The van der Waals surface area contributed by atoms with E-state index in [1.807, 2.05) is 81.4 Å². The van der Waals surface area contributed by atoms with E-state index in [9.17, 15) is 29.5 Å². The van der Waals surface area contributed by atoms with E-state index < -0.39 is 35.4 Å². The Kier molecular flexibility index (Phi) is 15.6. The second-order valence-corrected chi connectivity index (χ2v) is 21.0. The molecular formula is C51H62ClN9O7S. The van der Waals surface area contributed by atoms with E-state index in [2.05, 4.69) is 31.5 Å². The molecule has 6 atom stereocenters. The van der Waals surface area contributed by atoms with Gasteiger partial charge in [-0.3, -0.25) is 24.1 Å². The van der Waals surface area contributed by atoms with Gasteiger partial charge in [0, 0.05) is 82.9 Å². The number of thiazole rings is 1. The minimum absolute atomic E-state index is 0.00728. The maximum absolute atomic E-state index is 14.1. The number of aliphatic hydroxyl groups excluding tert-OH is 1. The van der Waals surface area contributed by atoms with Gasteiger partial charge in [0.15, 0.2) is 0 Å². The Morgan fingerprint density at radius 3 is 2.32 bits per heavy atom. The van der Waals surface area contributed by atoms with Crippen molar-refractivity contribution in [3.05, 3.63) is 93.7 Å². The second kappa shape index (κ2) is 21.6. The number of likely N-dealkylation sites (tertiary alicyclic amines) is 1. The first-order valence-corrected chi connectivity index (χ1v) is 25.1. The number of aliphatic hydroxyl groups is 1. The van der Waals surface area contributed by atoms with Crippen LogP contribution in [0.3, 0.4) is 0 Å². The number of halogens is 1. The van der Waals surface area contributed by atoms with E-state index in [1.165, 1.54) is 4.90 Å². The molecule has 4 aliphatic heterocycles. The third-order valence-electron chi connectivity index (χ3n) is 13.8. The van der Waals surface area contributed by atoms with Crippen LogP contribution in [0.5, 0.6) is 5.75 Å². The number of piperazine rings is 1. The Bertz CT molecular complexity index is 2510. The quantitative estimate of drug-likeness (QED) is 0.122. The topological polar surface area (TPSA) is 194 Å². The molecule has 8 rings (SSSR count). The number of amides is 4. The van der Waals surface area contributed by atoms with Crippen LogP contribution in [0, 0.1) is 23.7 Å². The summed E-state index contributed by atoms with van der Waals surface area (Å²) in [4.78, 5) is 72.8. The largest absolute Gasteiger partial charge is 0.490 e. The fourth-order valence-corrected chi connectivity index (χ4v) is 11.1. The molecule has 3 N–H and O–H groups in total. The normalized spacial score (nSPS) is 22.5. The van der Waals surface area contributed by atoms with Crippen molar-refractivity contribution in [3.8, 4) is 22.3 Å². The summed E-state index contributed by atoms with van der Waals surface area (Å²) in [5.74, 6) is 0.199. The minimum atomic E-state index is -0.959. The number of aromatic nitrogens is 2. The zero-order valence-corrected chi connectivity index (χ0v) is 41.5. The highest BCUT2D eigenvalue weighted by molar-refractivity contribution is 7.13. The van der Waals surface area contributed by atoms with Gasteiger partial charge in [0.1, 0.15) is 42.4 Å². The molecule has 6 heterocycles. The zero-order valence-electron chi connectivity index (χ0n) is 39.9. The minimum Gasteiger partial charge on any atom is -0.490 e. The van der Waals surface area contributed by atoms with Crippen molar-refractivity contribution in [2.24, 2.45) is 5.41 Å². The predicted octanol–water partition coefficient (Wildman–Crippen LogP) is 5.76. The number of fused-ring (bicyclic) bond motifs is 2. The summed E-state index contributed by atoms with van der Waals surface area (Å²) in [6, 6.07) is 16.9. The number of nitrogens with zero attached hydrogens (tertiary/aromatic N) is 7. The molecule has 4 aromatic rings. The maximum atomic E-state index is 14.1. The van der Waals surface area contributed by atoms with Crippen molar-refractivity contribution >= 4 is 52.4 Å². The lowest BCUT2D eigenvalue weighted by Gasteiger charge is -2.39. The molecule has 2 bridgehead atoms. The van der Waals surface area contributed by atoms with Crippen LogP contribution in [0.1, 0.15) is 93.0 Å². The number of pyridine rings is 1. The summed E-state index contributed by atoms with van der Waals surface area (Å²) < 4.78 is 12.1. The number of anilines is 1. The number of ether oxygens (including phenoxy) is 2. The first-order valence-electron chi connectivity index (χ1n) is 23.8. The van der Waals surface area contributed by atoms with Crippen molar-refractivity contribution in [1.29, 1.82) is 5.26 Å². The van der Waals surface area contributed by atoms with Gasteiger partial charge in [0.25, 0.3) is 5.91 Å². The Hall–Kier alpha value is -5.64. The van der Waals surface area contributed by atoms with Crippen molar-refractivity contribution in [1.82, 2.24) is 35.3 Å². The molecule has 4 saturated heterocycles. The number of carbonyl (C=O) groups is 4. The molecule has 0 spiro atoms. The molecule has 4 amide bonds. The highest BCUT2D eigenvalue weighted by atomic mass is 35.5. The highest BCUT2D eigenvalue weighted by Crippen LogP contribution is 2.39. The van der Waals surface area contributed by atoms with Crippen LogP contribution in [0.15, 0.2) is 66.3 Å². The molecule has 6 unspecified atom stereocenters. The third kappa shape index (κ3) is 11.7. The second-order valence-electron chi connectivity index (χ2n) is 19.7. The van der Waals surface area contributed by atoms with Crippen molar-refractivity contribution in [2.45, 2.75) is 109 Å². The van der Waals surface area contributed by atoms with Crippen molar-refractivity contribution < 1.29 is 33.8 Å². The third-order valence-corrected chi connectivity index (χ3v) is 15.1. The van der Waals surface area contributed by atoms with Gasteiger partial charge in [-0.2, -0.15) is 5.26 Å². The molecule has 366 valence electrons. The summed E-state index contributed by atoms with van der Waals surface area (Å²) in [6.45, 7) is 13.1. The van der Waals surface area contributed by atoms with E-state index >= 15 is 0 Å². The van der Waals surface area contributed by atoms with Crippen LogP contribution < -0.4 is 20.3 Å². The van der Waals surface area contributed by atoms with Crippen molar-refractivity contribution in [3.63, 3.8) is 0 Å². The van der Waals surface area contributed by atoms with Crippen LogP contribution in [-0.4, -0.2) is 142 Å². The van der Waals surface area contributed by atoms with Crippen LogP contribution >= 0.6 is 22.9 Å². The fraction of sp³-hybridized carbons (Fsp3) is 0.510. The van der Waals surface area contributed by atoms with Gasteiger partial charge in [-0.25, -0.2) is 9.97 Å². The standard InChI is InChI=1S/C51H62ClN9O7S/c1-31(33-6-8-34(9-7-33)46-32(2)55-30-69-46)56-48(64)43-24-39(62)28-60(43)50(66)47(51(3,4)5)57-45(63)29-67-21-20-58-16-18-59(19-17-58)44-15-11-36(27-54-44)49(65)61-37-12-13-38(61)23-41(22-37)68-40-14-10-35(26-53)42(52)25-40/h6-11,14-15,25,27,30-31,37-39,41,43,47,62H,12-13,16-24,28-29H2,1-5H3,(H,56,64)(H,57,63). The predicted molar refractivity (Wildman–Crippen MR) is 263 cm³/mol. The Morgan fingerprint density at radius 1 is 0.971 bits per heavy atom. The van der Waals surface area contributed by atoms with Gasteiger partial charge >= 0.3 is 0 Å². The number of rotatable bonds is 15. The van der Waals surface area contributed by atoms with Gasteiger partial charge in [0.05, 0.1) is 51.0 Å². The molecule has 0 radical (unpaired) electrons. The number of aryl methyl sites for hydroxylation is 1. The first-order chi connectivity index (χ1) is 33.1. The number of benzene rings is 2. The molecule has 69 heavy (non-hydrogen) atoms. The average molecular weight is 981 g/mol. The maximum Gasteiger partial charge on any atom is 0.255 e.